The van der Waals surface area contributed by atoms with Crippen LogP contribution in [0, 0.1) is 0 Å². The first kappa shape index (κ1) is 19.1. The fourth-order valence-corrected chi connectivity index (χ4v) is 2.34. The van der Waals surface area contributed by atoms with Gasteiger partial charge in [-0.25, -0.2) is 0 Å². The number of nitrogens with one attached hydrogen (secondary N) is 2. The summed E-state index contributed by atoms with van der Waals surface area (Å²) in [5.41, 5.74) is 0.928. The molecule has 0 saturated heterocycles. The van der Waals surface area contributed by atoms with Crippen molar-refractivity contribution in [2.75, 3.05) is 33.2 Å². The van der Waals surface area contributed by atoms with Crippen molar-refractivity contribution in [3.05, 3.63) is 48.0 Å². The zero-order valence-corrected chi connectivity index (χ0v) is 15.0. The molecule has 2 rings (SSSR count). The second-order valence-corrected chi connectivity index (χ2v) is 5.32. The van der Waals surface area contributed by atoms with E-state index < -0.39 is 0 Å². The Morgan fingerprint density at radius 2 is 1.65 bits per heavy atom. The van der Waals surface area contributed by atoms with E-state index in [1.807, 2.05) is 0 Å². The molecule has 0 aliphatic carbocycles. The maximum atomic E-state index is 12.2. The highest BCUT2D eigenvalue weighted by Crippen LogP contribution is 2.28. The molecule has 2 aromatic rings. The van der Waals surface area contributed by atoms with Crippen molar-refractivity contribution in [2.45, 2.75) is 6.42 Å². The van der Waals surface area contributed by atoms with Crippen molar-refractivity contribution in [1.29, 1.82) is 0 Å². The Bertz CT molecular complexity index is 776. The SMILES string of the molecule is COc1ccc(OC)c(NC(=O)CCNC(=O)c2ccccc2OC)c1. The van der Waals surface area contributed by atoms with Gasteiger partial charge in [0.1, 0.15) is 17.2 Å². The summed E-state index contributed by atoms with van der Waals surface area (Å²) in [6, 6.07) is 12.0. The van der Waals surface area contributed by atoms with Gasteiger partial charge in [-0.3, -0.25) is 9.59 Å². The highest BCUT2D eigenvalue weighted by Gasteiger charge is 2.13. The minimum Gasteiger partial charge on any atom is -0.497 e. The maximum Gasteiger partial charge on any atom is 0.255 e. The van der Waals surface area contributed by atoms with Gasteiger partial charge in [0.25, 0.3) is 5.91 Å². The quantitative estimate of drug-likeness (QED) is 0.757. The third-order valence-electron chi connectivity index (χ3n) is 3.67. The van der Waals surface area contributed by atoms with Gasteiger partial charge in [0.15, 0.2) is 0 Å². The van der Waals surface area contributed by atoms with Gasteiger partial charge in [-0.05, 0) is 24.3 Å². The number of carbonyl (C=O) groups is 2. The van der Waals surface area contributed by atoms with E-state index in [0.29, 0.717) is 28.5 Å². The molecule has 0 bridgehead atoms. The zero-order chi connectivity index (χ0) is 18.9. The van der Waals surface area contributed by atoms with E-state index in [-0.39, 0.29) is 24.8 Å². The summed E-state index contributed by atoms with van der Waals surface area (Å²) in [6.45, 7) is 0.189. The minimum absolute atomic E-state index is 0.112. The Morgan fingerprint density at radius 1 is 0.923 bits per heavy atom. The lowest BCUT2D eigenvalue weighted by Gasteiger charge is -2.12. The molecule has 138 valence electrons. The number of anilines is 1. The lowest BCUT2D eigenvalue weighted by atomic mass is 10.2. The first-order chi connectivity index (χ1) is 12.6. The van der Waals surface area contributed by atoms with Crippen LogP contribution in [0.25, 0.3) is 0 Å². The Kier molecular flexibility index (Phi) is 6.84. The number of amides is 2. The number of ether oxygens (including phenoxy) is 3. The highest BCUT2D eigenvalue weighted by atomic mass is 16.5. The number of rotatable bonds is 8. The topological polar surface area (TPSA) is 85.9 Å². The molecule has 7 nitrogen and oxygen atoms in total. The van der Waals surface area contributed by atoms with Gasteiger partial charge in [0.2, 0.25) is 5.91 Å². The number of carbonyl (C=O) groups excluding carboxylic acids is 2. The molecular weight excluding hydrogens is 336 g/mol. The highest BCUT2D eigenvalue weighted by molar-refractivity contribution is 5.97. The molecule has 2 aromatic carbocycles. The largest absolute Gasteiger partial charge is 0.497 e. The Balaban J connectivity index is 1.90. The van der Waals surface area contributed by atoms with Crippen LogP contribution in [0.2, 0.25) is 0 Å². The van der Waals surface area contributed by atoms with Crippen LogP contribution in [0.1, 0.15) is 16.8 Å². The van der Waals surface area contributed by atoms with Crippen molar-refractivity contribution in [1.82, 2.24) is 5.32 Å². The summed E-state index contributed by atoms with van der Waals surface area (Å²) in [4.78, 5) is 24.3. The monoisotopic (exact) mass is 358 g/mol. The lowest BCUT2D eigenvalue weighted by molar-refractivity contribution is -0.116. The van der Waals surface area contributed by atoms with Gasteiger partial charge in [0.05, 0.1) is 32.6 Å². The summed E-state index contributed by atoms with van der Waals surface area (Å²) < 4.78 is 15.5. The summed E-state index contributed by atoms with van der Waals surface area (Å²) in [6.07, 6.45) is 0.112. The molecule has 0 aliphatic heterocycles. The zero-order valence-electron chi connectivity index (χ0n) is 15.0. The van der Waals surface area contributed by atoms with Crippen molar-refractivity contribution >= 4 is 17.5 Å². The van der Waals surface area contributed by atoms with Crippen molar-refractivity contribution in [3.63, 3.8) is 0 Å². The third kappa shape index (κ3) is 4.89. The van der Waals surface area contributed by atoms with Gasteiger partial charge in [-0.15, -0.1) is 0 Å². The van der Waals surface area contributed by atoms with Gasteiger partial charge >= 0.3 is 0 Å². The molecular formula is C19H22N2O5. The first-order valence-electron chi connectivity index (χ1n) is 8.02. The van der Waals surface area contributed by atoms with Crippen LogP contribution < -0.4 is 24.8 Å². The van der Waals surface area contributed by atoms with Gasteiger partial charge in [-0.2, -0.15) is 0 Å². The molecule has 7 heteroatoms. The van der Waals surface area contributed by atoms with Gasteiger partial charge in [0, 0.05) is 19.0 Å². The van der Waals surface area contributed by atoms with E-state index in [1.54, 1.807) is 49.6 Å². The second-order valence-electron chi connectivity index (χ2n) is 5.32. The van der Waals surface area contributed by atoms with E-state index in [4.69, 9.17) is 14.2 Å². The van der Waals surface area contributed by atoms with E-state index in [2.05, 4.69) is 10.6 Å². The van der Waals surface area contributed by atoms with E-state index in [0.717, 1.165) is 0 Å². The predicted octanol–water partition coefficient (Wildman–Crippen LogP) is 2.47. The van der Waals surface area contributed by atoms with Gasteiger partial charge in [-0.1, -0.05) is 12.1 Å². The van der Waals surface area contributed by atoms with Crippen molar-refractivity contribution in [2.24, 2.45) is 0 Å². The molecule has 0 aromatic heterocycles. The van der Waals surface area contributed by atoms with E-state index in [9.17, 15) is 9.59 Å². The van der Waals surface area contributed by atoms with E-state index >= 15 is 0 Å². The molecule has 0 spiro atoms. The van der Waals surface area contributed by atoms with Crippen molar-refractivity contribution in [3.8, 4) is 17.2 Å². The van der Waals surface area contributed by atoms with Crippen LogP contribution >= 0.6 is 0 Å². The number of para-hydroxylation sites is 1. The third-order valence-corrected chi connectivity index (χ3v) is 3.67. The minimum atomic E-state index is -0.297. The molecule has 2 amide bonds. The number of benzene rings is 2. The van der Waals surface area contributed by atoms with Crippen LogP contribution in [0.3, 0.4) is 0 Å². The lowest BCUT2D eigenvalue weighted by Crippen LogP contribution is -2.28. The number of hydrogen-bond acceptors (Lipinski definition) is 5. The smallest absolute Gasteiger partial charge is 0.255 e. The van der Waals surface area contributed by atoms with Crippen LogP contribution in [0.15, 0.2) is 42.5 Å². The Morgan fingerprint density at radius 3 is 2.35 bits per heavy atom. The van der Waals surface area contributed by atoms with Crippen LogP contribution in [0.5, 0.6) is 17.2 Å². The molecule has 0 heterocycles. The van der Waals surface area contributed by atoms with Crippen LogP contribution in [0.4, 0.5) is 5.69 Å². The normalized spacial score (nSPS) is 9.96. The van der Waals surface area contributed by atoms with E-state index in [1.165, 1.54) is 14.2 Å². The molecule has 0 unspecified atom stereocenters. The average molecular weight is 358 g/mol. The average Bonchev–Trinajstić information content (AvgIpc) is 2.67. The first-order valence-corrected chi connectivity index (χ1v) is 8.02. The number of methoxy groups -OCH3 is 3. The second kappa shape index (κ2) is 9.31. The summed E-state index contributed by atoms with van der Waals surface area (Å²) in [5.74, 6) is 1.06. The summed E-state index contributed by atoms with van der Waals surface area (Å²) in [5, 5.41) is 5.46. The standard InChI is InChI=1S/C19H22N2O5/c1-24-13-8-9-17(26-3)15(12-13)21-18(22)10-11-20-19(23)14-6-4-5-7-16(14)25-2/h4-9,12H,10-11H2,1-3H3,(H,20,23)(H,21,22). The molecule has 26 heavy (non-hydrogen) atoms. The predicted molar refractivity (Wildman–Crippen MR) is 98.1 cm³/mol. The molecule has 0 aliphatic rings. The van der Waals surface area contributed by atoms with Crippen LogP contribution in [-0.2, 0) is 4.79 Å². The Hall–Kier alpha value is -3.22. The van der Waals surface area contributed by atoms with Gasteiger partial charge < -0.3 is 24.8 Å². The molecule has 0 atom stereocenters. The number of hydrogen-bond donors (Lipinski definition) is 2. The van der Waals surface area contributed by atoms with Crippen LogP contribution in [-0.4, -0.2) is 39.7 Å². The molecule has 0 radical (unpaired) electrons. The maximum absolute atomic E-state index is 12.2. The molecule has 2 N–H and O–H groups in total. The molecule has 0 fully saturated rings. The molecule has 0 saturated carbocycles. The fraction of sp³-hybridized carbons (Fsp3) is 0.263. The summed E-state index contributed by atoms with van der Waals surface area (Å²) >= 11 is 0. The van der Waals surface area contributed by atoms with Crippen molar-refractivity contribution < 1.29 is 23.8 Å². The Labute approximate surface area is 152 Å². The summed E-state index contributed by atoms with van der Waals surface area (Å²) in [7, 11) is 4.56. The fourth-order valence-electron chi connectivity index (χ4n) is 2.34.